The van der Waals surface area contributed by atoms with Gasteiger partial charge in [-0.25, -0.2) is 0 Å². The number of hydrogen-bond donors (Lipinski definition) is 1. The molecule has 0 fully saturated rings. The molecule has 1 aromatic rings. The molecule has 84 valence electrons. The molecule has 0 amide bonds. The van der Waals surface area contributed by atoms with Gasteiger partial charge in [0.15, 0.2) is 0 Å². The van der Waals surface area contributed by atoms with Crippen LogP contribution >= 0.6 is 0 Å². The summed E-state index contributed by atoms with van der Waals surface area (Å²) in [4.78, 5) is 0. The summed E-state index contributed by atoms with van der Waals surface area (Å²) >= 11 is 0. The lowest BCUT2D eigenvalue weighted by Crippen LogP contribution is -2.01. The van der Waals surface area contributed by atoms with Crippen LogP contribution in [-0.4, -0.2) is 18.8 Å². The first-order valence-corrected chi connectivity index (χ1v) is 5.36. The molecule has 2 nitrogen and oxygen atoms in total. The zero-order valence-corrected chi connectivity index (χ0v) is 10.1. The van der Waals surface area contributed by atoms with E-state index in [9.17, 15) is 0 Å². The molecular weight excluding hydrogens is 188 g/mol. The van der Waals surface area contributed by atoms with E-state index in [1.807, 2.05) is 0 Å². The molecule has 0 aliphatic carbocycles. The average molecular weight is 208 g/mol. The summed E-state index contributed by atoms with van der Waals surface area (Å²) in [6.07, 6.45) is 1.67. The number of aliphatic hydroxyl groups is 1. The minimum atomic E-state index is 0.232. The number of rotatable bonds is 4. The van der Waals surface area contributed by atoms with Crippen molar-refractivity contribution in [3.63, 3.8) is 0 Å². The van der Waals surface area contributed by atoms with E-state index in [-0.39, 0.29) is 6.61 Å². The van der Waals surface area contributed by atoms with Gasteiger partial charge in [0, 0.05) is 6.61 Å². The molecule has 15 heavy (non-hydrogen) atoms. The molecule has 0 aliphatic heterocycles. The maximum atomic E-state index is 8.87. The summed E-state index contributed by atoms with van der Waals surface area (Å²) in [5.41, 5.74) is 4.95. The van der Waals surface area contributed by atoms with Crippen LogP contribution in [0.5, 0.6) is 5.75 Å². The van der Waals surface area contributed by atoms with Crippen molar-refractivity contribution < 1.29 is 9.84 Å². The molecule has 1 aromatic carbocycles. The van der Waals surface area contributed by atoms with E-state index in [1.165, 1.54) is 22.3 Å². The third-order valence-corrected chi connectivity index (χ3v) is 2.90. The molecule has 0 saturated heterocycles. The molecule has 0 radical (unpaired) electrons. The number of ether oxygens (including phenoxy) is 1. The van der Waals surface area contributed by atoms with E-state index in [4.69, 9.17) is 9.84 Å². The molecule has 0 aliphatic rings. The molecule has 1 N–H and O–H groups in total. The Hall–Kier alpha value is -1.02. The van der Waals surface area contributed by atoms with Crippen LogP contribution in [0.15, 0.2) is 6.07 Å². The highest BCUT2D eigenvalue weighted by Gasteiger charge is 2.11. The fourth-order valence-electron chi connectivity index (χ4n) is 1.95. The monoisotopic (exact) mass is 208 g/mol. The van der Waals surface area contributed by atoms with Crippen molar-refractivity contribution in [1.82, 2.24) is 0 Å². The fraction of sp³-hybridized carbons (Fsp3) is 0.538. The number of aliphatic hydroxyl groups excluding tert-OH is 1. The summed E-state index contributed by atoms with van der Waals surface area (Å²) in [5.74, 6) is 0.987. The van der Waals surface area contributed by atoms with Crippen molar-refractivity contribution in [2.24, 2.45) is 0 Å². The summed E-state index contributed by atoms with van der Waals surface area (Å²) in [5, 5.41) is 8.87. The summed E-state index contributed by atoms with van der Waals surface area (Å²) in [6, 6.07) is 2.19. The maximum absolute atomic E-state index is 8.87. The zero-order chi connectivity index (χ0) is 11.4. The van der Waals surface area contributed by atoms with Crippen LogP contribution in [0.3, 0.4) is 0 Å². The lowest BCUT2D eigenvalue weighted by molar-refractivity contribution is 0.287. The minimum absolute atomic E-state index is 0.232. The van der Waals surface area contributed by atoms with Crippen LogP contribution in [-0.2, 0) is 6.42 Å². The van der Waals surface area contributed by atoms with Gasteiger partial charge in [0.05, 0.1) is 7.11 Å². The van der Waals surface area contributed by atoms with Gasteiger partial charge in [-0.3, -0.25) is 0 Å². The number of benzene rings is 1. The third-order valence-electron chi connectivity index (χ3n) is 2.90. The van der Waals surface area contributed by atoms with Gasteiger partial charge in [0.25, 0.3) is 0 Å². The Labute approximate surface area is 91.9 Å². The smallest absolute Gasteiger partial charge is 0.125 e. The Morgan fingerprint density at radius 3 is 2.40 bits per heavy atom. The Morgan fingerprint density at radius 2 is 1.87 bits per heavy atom. The van der Waals surface area contributed by atoms with Crippen molar-refractivity contribution in [2.75, 3.05) is 13.7 Å². The van der Waals surface area contributed by atoms with Crippen molar-refractivity contribution in [3.05, 3.63) is 28.3 Å². The molecular formula is C13H20O2. The predicted molar refractivity (Wildman–Crippen MR) is 62.6 cm³/mol. The highest BCUT2D eigenvalue weighted by Crippen LogP contribution is 2.30. The van der Waals surface area contributed by atoms with E-state index in [0.717, 1.165) is 18.6 Å². The maximum Gasteiger partial charge on any atom is 0.125 e. The first kappa shape index (κ1) is 12.1. The molecule has 0 bridgehead atoms. The zero-order valence-electron chi connectivity index (χ0n) is 10.1. The number of aryl methyl sites for hydroxylation is 2. The van der Waals surface area contributed by atoms with Crippen molar-refractivity contribution >= 4 is 0 Å². The summed E-state index contributed by atoms with van der Waals surface area (Å²) in [7, 11) is 1.71. The normalized spacial score (nSPS) is 10.5. The quantitative estimate of drug-likeness (QED) is 0.824. The largest absolute Gasteiger partial charge is 0.496 e. The Morgan fingerprint density at radius 1 is 1.20 bits per heavy atom. The number of hydrogen-bond acceptors (Lipinski definition) is 2. The third kappa shape index (κ3) is 2.51. The van der Waals surface area contributed by atoms with Crippen LogP contribution in [0.1, 0.15) is 28.7 Å². The average Bonchev–Trinajstić information content (AvgIpc) is 2.21. The van der Waals surface area contributed by atoms with Gasteiger partial charge in [-0.1, -0.05) is 6.07 Å². The van der Waals surface area contributed by atoms with E-state index in [0.29, 0.717) is 0 Å². The van der Waals surface area contributed by atoms with E-state index in [2.05, 4.69) is 26.8 Å². The minimum Gasteiger partial charge on any atom is -0.496 e. The van der Waals surface area contributed by atoms with Crippen molar-refractivity contribution in [1.29, 1.82) is 0 Å². The van der Waals surface area contributed by atoms with Gasteiger partial charge in [0.1, 0.15) is 5.75 Å². The van der Waals surface area contributed by atoms with Crippen LogP contribution < -0.4 is 4.74 Å². The van der Waals surface area contributed by atoms with E-state index >= 15 is 0 Å². The van der Waals surface area contributed by atoms with E-state index < -0.39 is 0 Å². The van der Waals surface area contributed by atoms with Crippen molar-refractivity contribution in [2.45, 2.75) is 33.6 Å². The number of methoxy groups -OCH3 is 1. The van der Waals surface area contributed by atoms with Crippen LogP contribution in [0.4, 0.5) is 0 Å². The fourth-order valence-corrected chi connectivity index (χ4v) is 1.95. The summed E-state index contributed by atoms with van der Waals surface area (Å²) < 4.78 is 5.45. The molecule has 2 heteroatoms. The van der Waals surface area contributed by atoms with Gasteiger partial charge < -0.3 is 9.84 Å². The lowest BCUT2D eigenvalue weighted by atomic mass is 9.96. The molecule has 0 unspecified atom stereocenters. The van der Waals surface area contributed by atoms with Gasteiger partial charge in [0.2, 0.25) is 0 Å². The van der Waals surface area contributed by atoms with Crippen LogP contribution in [0, 0.1) is 20.8 Å². The first-order valence-electron chi connectivity index (χ1n) is 5.36. The Balaban J connectivity index is 3.16. The van der Waals surface area contributed by atoms with Gasteiger partial charge in [-0.15, -0.1) is 0 Å². The van der Waals surface area contributed by atoms with Gasteiger partial charge in [-0.2, -0.15) is 0 Å². The second-order valence-corrected chi connectivity index (χ2v) is 3.97. The highest BCUT2D eigenvalue weighted by atomic mass is 16.5. The summed E-state index contributed by atoms with van der Waals surface area (Å²) in [6.45, 7) is 6.51. The lowest BCUT2D eigenvalue weighted by Gasteiger charge is -2.16. The van der Waals surface area contributed by atoms with Crippen molar-refractivity contribution in [3.8, 4) is 5.75 Å². The van der Waals surface area contributed by atoms with E-state index in [1.54, 1.807) is 7.11 Å². The highest BCUT2D eigenvalue weighted by molar-refractivity contribution is 5.49. The Kier molecular flexibility index (Phi) is 4.15. The predicted octanol–water partition coefficient (Wildman–Crippen LogP) is 2.55. The topological polar surface area (TPSA) is 29.5 Å². The molecule has 0 spiro atoms. The first-order chi connectivity index (χ1) is 7.11. The SMILES string of the molecule is COc1c(C)c(C)cc(C)c1CCCO. The molecule has 0 heterocycles. The molecule has 1 rings (SSSR count). The standard InChI is InChI=1S/C13H20O2/c1-9-8-10(2)12(6-5-7-14)13(15-4)11(9)3/h8,14H,5-7H2,1-4H3. The van der Waals surface area contributed by atoms with Crippen LogP contribution in [0.25, 0.3) is 0 Å². The molecule has 0 atom stereocenters. The second kappa shape index (κ2) is 5.17. The van der Waals surface area contributed by atoms with Crippen LogP contribution in [0.2, 0.25) is 0 Å². The molecule has 0 saturated carbocycles. The van der Waals surface area contributed by atoms with Gasteiger partial charge >= 0.3 is 0 Å². The second-order valence-electron chi connectivity index (χ2n) is 3.97. The molecule has 0 aromatic heterocycles. The Bertz CT molecular complexity index is 343. The van der Waals surface area contributed by atoms with Gasteiger partial charge in [-0.05, 0) is 55.9 Å².